The lowest BCUT2D eigenvalue weighted by atomic mass is 10.4. The van der Waals surface area contributed by atoms with Gasteiger partial charge in [-0.25, -0.2) is 9.97 Å². The van der Waals surface area contributed by atoms with Crippen molar-refractivity contribution in [3.8, 4) is 0 Å². The third-order valence-corrected chi connectivity index (χ3v) is 1.47. The molecule has 1 aromatic heterocycles. The van der Waals surface area contributed by atoms with Crippen LogP contribution in [0.15, 0.2) is 12.3 Å². The number of nitrogens with zero attached hydrogens (tertiary/aromatic N) is 2. The van der Waals surface area contributed by atoms with Crippen molar-refractivity contribution < 1.29 is 17.9 Å². The van der Waals surface area contributed by atoms with Crippen molar-refractivity contribution in [2.45, 2.75) is 19.3 Å². The van der Waals surface area contributed by atoms with Gasteiger partial charge in [0.25, 0.3) is 0 Å². The van der Waals surface area contributed by atoms with Crippen molar-refractivity contribution >= 4 is 0 Å². The van der Waals surface area contributed by atoms with Crippen LogP contribution in [0.5, 0.6) is 0 Å². The Morgan fingerprint density at radius 1 is 1.40 bits per heavy atom. The number of rotatable bonds is 4. The minimum atomic E-state index is -4.33. The van der Waals surface area contributed by atoms with Crippen molar-refractivity contribution in [1.82, 2.24) is 9.97 Å². The van der Waals surface area contributed by atoms with E-state index in [0.717, 1.165) is 0 Å². The lowest BCUT2D eigenvalue weighted by Crippen LogP contribution is -2.17. The van der Waals surface area contributed by atoms with Crippen molar-refractivity contribution in [1.29, 1.82) is 0 Å². The van der Waals surface area contributed by atoms with Crippen molar-refractivity contribution in [3.63, 3.8) is 0 Å². The highest BCUT2D eigenvalue weighted by molar-refractivity contribution is 5.01. The van der Waals surface area contributed by atoms with Gasteiger partial charge < -0.3 is 10.5 Å². The summed E-state index contributed by atoms with van der Waals surface area (Å²) in [5.74, 6) is 0.196. The average Bonchev–Trinajstić information content (AvgIpc) is 2.16. The molecule has 1 rings (SSSR count). The summed E-state index contributed by atoms with van der Waals surface area (Å²) in [7, 11) is 0. The highest BCUT2D eigenvalue weighted by Gasteiger charge is 2.27. The molecular formula is C8H10F3N3O. The van der Waals surface area contributed by atoms with Gasteiger partial charge in [0.15, 0.2) is 5.82 Å². The summed E-state index contributed by atoms with van der Waals surface area (Å²) < 4.78 is 39.5. The Kier molecular flexibility index (Phi) is 3.98. The fourth-order valence-corrected chi connectivity index (χ4v) is 0.883. The Morgan fingerprint density at radius 2 is 2.13 bits per heavy atom. The SMILES string of the molecule is NCc1ccnc(COCC(F)(F)F)n1. The topological polar surface area (TPSA) is 61.0 Å². The van der Waals surface area contributed by atoms with Crippen molar-refractivity contribution in [2.24, 2.45) is 5.73 Å². The van der Waals surface area contributed by atoms with E-state index >= 15 is 0 Å². The Balaban J connectivity index is 2.44. The van der Waals surface area contributed by atoms with Crippen LogP contribution >= 0.6 is 0 Å². The number of aromatic nitrogens is 2. The summed E-state index contributed by atoms with van der Waals surface area (Å²) >= 11 is 0. The Bertz CT molecular complexity index is 316. The van der Waals surface area contributed by atoms with Gasteiger partial charge in [0.2, 0.25) is 0 Å². The van der Waals surface area contributed by atoms with E-state index in [0.29, 0.717) is 5.69 Å². The standard InChI is InChI=1S/C8H10F3N3O/c9-8(10,11)5-15-4-7-13-2-1-6(3-12)14-7/h1-2H,3-5,12H2. The monoisotopic (exact) mass is 221 g/mol. The number of ether oxygens (including phenoxy) is 1. The maximum atomic E-state index is 11.7. The van der Waals surface area contributed by atoms with Crippen LogP contribution in [0.3, 0.4) is 0 Å². The van der Waals surface area contributed by atoms with E-state index in [4.69, 9.17) is 5.73 Å². The third-order valence-electron chi connectivity index (χ3n) is 1.47. The molecule has 15 heavy (non-hydrogen) atoms. The van der Waals surface area contributed by atoms with E-state index in [2.05, 4.69) is 14.7 Å². The maximum Gasteiger partial charge on any atom is 0.411 e. The van der Waals surface area contributed by atoms with Crippen LogP contribution in [0, 0.1) is 0 Å². The average molecular weight is 221 g/mol. The highest BCUT2D eigenvalue weighted by atomic mass is 19.4. The number of halogens is 3. The smallest absolute Gasteiger partial charge is 0.364 e. The summed E-state index contributed by atoms with van der Waals surface area (Å²) in [6.07, 6.45) is -2.90. The van der Waals surface area contributed by atoms with Crippen LogP contribution in [-0.4, -0.2) is 22.8 Å². The maximum absolute atomic E-state index is 11.7. The molecule has 0 aliphatic rings. The molecule has 0 radical (unpaired) electrons. The summed E-state index contributed by atoms with van der Waals surface area (Å²) in [6.45, 7) is -1.36. The fraction of sp³-hybridized carbons (Fsp3) is 0.500. The van der Waals surface area contributed by atoms with Crippen LogP contribution in [0.4, 0.5) is 13.2 Å². The molecule has 7 heteroatoms. The zero-order chi connectivity index (χ0) is 11.3. The molecule has 1 heterocycles. The van der Waals surface area contributed by atoms with Crippen molar-refractivity contribution in [2.75, 3.05) is 6.61 Å². The van der Waals surface area contributed by atoms with E-state index in [1.807, 2.05) is 0 Å². The Morgan fingerprint density at radius 3 is 2.73 bits per heavy atom. The predicted molar refractivity (Wildman–Crippen MR) is 45.6 cm³/mol. The molecule has 84 valence electrons. The molecule has 0 amide bonds. The third kappa shape index (κ3) is 4.71. The molecule has 0 atom stereocenters. The number of hydrogen-bond donors (Lipinski definition) is 1. The highest BCUT2D eigenvalue weighted by Crippen LogP contribution is 2.14. The zero-order valence-electron chi connectivity index (χ0n) is 7.79. The molecule has 0 fully saturated rings. The number of nitrogens with two attached hydrogens (primary N) is 1. The molecule has 0 aliphatic carbocycles. The normalized spacial score (nSPS) is 11.7. The van der Waals surface area contributed by atoms with Gasteiger partial charge in [-0.05, 0) is 6.07 Å². The van der Waals surface area contributed by atoms with Gasteiger partial charge in [-0.1, -0.05) is 0 Å². The number of alkyl halides is 3. The van der Waals surface area contributed by atoms with Crippen LogP contribution in [0.2, 0.25) is 0 Å². The van der Waals surface area contributed by atoms with Gasteiger partial charge in [0.05, 0.1) is 5.69 Å². The second kappa shape index (κ2) is 5.04. The Hall–Kier alpha value is -1.21. The first kappa shape index (κ1) is 11.9. The van der Waals surface area contributed by atoms with E-state index in [1.54, 1.807) is 6.07 Å². The minimum Gasteiger partial charge on any atom is -0.364 e. The molecule has 0 unspecified atom stereocenters. The van der Waals surface area contributed by atoms with Gasteiger partial charge in [0.1, 0.15) is 13.2 Å². The first-order valence-electron chi connectivity index (χ1n) is 4.16. The second-order valence-corrected chi connectivity index (χ2v) is 2.78. The largest absolute Gasteiger partial charge is 0.411 e. The molecule has 0 aromatic carbocycles. The van der Waals surface area contributed by atoms with Crippen LogP contribution in [0.25, 0.3) is 0 Å². The molecule has 1 aromatic rings. The van der Waals surface area contributed by atoms with E-state index in [9.17, 15) is 13.2 Å². The molecule has 0 bridgehead atoms. The summed E-state index contributed by atoms with van der Waals surface area (Å²) in [5, 5.41) is 0. The van der Waals surface area contributed by atoms with Crippen molar-refractivity contribution in [3.05, 3.63) is 23.8 Å². The number of hydrogen-bond acceptors (Lipinski definition) is 4. The van der Waals surface area contributed by atoms with Gasteiger partial charge >= 0.3 is 6.18 Å². The summed E-state index contributed by atoms with van der Waals surface area (Å²) in [4.78, 5) is 7.63. The first-order chi connectivity index (χ1) is 7.01. The van der Waals surface area contributed by atoms with Crippen LogP contribution in [-0.2, 0) is 17.9 Å². The van der Waals surface area contributed by atoms with E-state index < -0.39 is 12.8 Å². The first-order valence-corrected chi connectivity index (χ1v) is 4.16. The lowest BCUT2D eigenvalue weighted by Gasteiger charge is -2.06. The quantitative estimate of drug-likeness (QED) is 0.824. The van der Waals surface area contributed by atoms with E-state index in [-0.39, 0.29) is 19.0 Å². The van der Waals surface area contributed by atoms with Crippen LogP contribution < -0.4 is 5.73 Å². The van der Waals surface area contributed by atoms with Gasteiger partial charge in [-0.3, -0.25) is 0 Å². The zero-order valence-corrected chi connectivity index (χ0v) is 7.79. The van der Waals surface area contributed by atoms with E-state index in [1.165, 1.54) is 6.20 Å². The molecule has 0 saturated heterocycles. The summed E-state index contributed by atoms with van der Waals surface area (Å²) in [6, 6.07) is 1.59. The molecule has 4 nitrogen and oxygen atoms in total. The molecule has 0 spiro atoms. The summed E-state index contributed by atoms with van der Waals surface area (Å²) in [5.41, 5.74) is 5.87. The van der Waals surface area contributed by atoms with Gasteiger partial charge in [0, 0.05) is 12.7 Å². The molecule has 0 aliphatic heterocycles. The predicted octanol–water partition coefficient (Wildman–Crippen LogP) is 1.01. The molecule has 0 saturated carbocycles. The van der Waals surface area contributed by atoms with Gasteiger partial charge in [-0.15, -0.1) is 0 Å². The fourth-order valence-electron chi connectivity index (χ4n) is 0.883. The van der Waals surface area contributed by atoms with Gasteiger partial charge in [-0.2, -0.15) is 13.2 Å². The minimum absolute atomic E-state index is 0.196. The second-order valence-electron chi connectivity index (χ2n) is 2.78. The lowest BCUT2D eigenvalue weighted by molar-refractivity contribution is -0.177. The molecule has 2 N–H and O–H groups in total. The van der Waals surface area contributed by atoms with Crippen LogP contribution in [0.1, 0.15) is 11.5 Å². The molecular weight excluding hydrogens is 211 g/mol. The Labute approximate surface area is 84.3 Å².